The Labute approximate surface area is 181 Å². The summed E-state index contributed by atoms with van der Waals surface area (Å²) in [6.45, 7) is 3.07. The average Bonchev–Trinajstić information content (AvgIpc) is 2.76. The number of rotatable bonds is 5. The maximum absolute atomic E-state index is 12.9. The third-order valence-corrected chi connectivity index (χ3v) is 8.71. The maximum Gasteiger partial charge on any atom is 0.237 e. The SMILES string of the molecule is CCC1Sc2cc(S(=O)(=O)CCC(=O)N3CCc4ccccc4C3)ccc2NC1=O. The number of sulfone groups is 1. The van der Waals surface area contributed by atoms with E-state index in [4.69, 9.17) is 0 Å². The van der Waals surface area contributed by atoms with Crippen molar-refractivity contribution in [2.45, 2.75) is 47.8 Å². The minimum absolute atomic E-state index is 0.0386. The molecule has 1 unspecified atom stereocenters. The van der Waals surface area contributed by atoms with E-state index in [1.165, 1.54) is 23.4 Å². The van der Waals surface area contributed by atoms with Crippen molar-refractivity contribution in [2.75, 3.05) is 17.6 Å². The van der Waals surface area contributed by atoms with E-state index in [0.29, 0.717) is 25.2 Å². The summed E-state index contributed by atoms with van der Waals surface area (Å²) in [5.74, 6) is -0.421. The van der Waals surface area contributed by atoms with E-state index in [1.807, 2.05) is 25.1 Å². The molecule has 6 nitrogen and oxygen atoms in total. The molecule has 4 rings (SSSR count). The molecular weight excluding hydrogens is 420 g/mol. The second-order valence-electron chi connectivity index (χ2n) is 7.56. The molecule has 0 radical (unpaired) electrons. The topological polar surface area (TPSA) is 83.6 Å². The standard InChI is InChI=1S/C22H24N2O4S2/c1-2-19-22(26)23-18-8-7-17(13-20(18)29-19)30(27,28)12-10-21(25)24-11-9-15-5-3-4-6-16(15)14-24/h3-8,13,19H,2,9-12,14H2,1H3,(H,23,26). The van der Waals surface area contributed by atoms with Crippen LogP contribution in [0, 0.1) is 0 Å². The van der Waals surface area contributed by atoms with Gasteiger partial charge in [-0.1, -0.05) is 31.2 Å². The molecule has 0 bridgehead atoms. The van der Waals surface area contributed by atoms with Gasteiger partial charge in [-0.2, -0.15) is 0 Å². The van der Waals surface area contributed by atoms with Crippen molar-refractivity contribution in [1.29, 1.82) is 0 Å². The van der Waals surface area contributed by atoms with Gasteiger partial charge in [0.05, 0.1) is 21.6 Å². The lowest BCUT2D eigenvalue weighted by Gasteiger charge is -2.29. The second kappa shape index (κ2) is 8.43. The molecule has 1 atom stereocenters. The molecule has 2 aliphatic heterocycles. The Hall–Kier alpha value is -2.32. The maximum atomic E-state index is 12.9. The number of nitrogens with one attached hydrogen (secondary N) is 1. The van der Waals surface area contributed by atoms with Gasteiger partial charge in [0.15, 0.2) is 9.84 Å². The predicted molar refractivity (Wildman–Crippen MR) is 117 cm³/mol. The number of nitrogens with zero attached hydrogens (tertiary/aromatic N) is 1. The molecule has 2 amide bonds. The second-order valence-corrected chi connectivity index (χ2v) is 10.9. The number of amides is 2. The first-order valence-electron chi connectivity index (χ1n) is 10.1. The lowest BCUT2D eigenvalue weighted by Crippen LogP contribution is -2.36. The summed E-state index contributed by atoms with van der Waals surface area (Å²) < 4.78 is 25.7. The van der Waals surface area contributed by atoms with E-state index in [2.05, 4.69) is 11.4 Å². The van der Waals surface area contributed by atoms with Crippen LogP contribution in [0.15, 0.2) is 52.3 Å². The average molecular weight is 445 g/mol. The zero-order valence-corrected chi connectivity index (χ0v) is 18.4. The van der Waals surface area contributed by atoms with Crippen LogP contribution in [0.25, 0.3) is 0 Å². The third-order valence-electron chi connectivity index (χ3n) is 5.57. The zero-order valence-electron chi connectivity index (χ0n) is 16.8. The molecule has 0 saturated carbocycles. The highest BCUT2D eigenvalue weighted by atomic mass is 32.2. The number of thioether (sulfide) groups is 1. The summed E-state index contributed by atoms with van der Waals surface area (Å²) in [5.41, 5.74) is 3.01. The molecule has 0 spiro atoms. The van der Waals surface area contributed by atoms with Crippen LogP contribution in [0.4, 0.5) is 5.69 Å². The van der Waals surface area contributed by atoms with Gasteiger partial charge in [-0.05, 0) is 42.2 Å². The Balaban J connectivity index is 1.43. The summed E-state index contributed by atoms with van der Waals surface area (Å²) in [6.07, 6.45) is 1.42. The molecule has 2 aliphatic rings. The molecule has 30 heavy (non-hydrogen) atoms. The zero-order chi connectivity index (χ0) is 21.3. The first-order chi connectivity index (χ1) is 14.4. The van der Waals surface area contributed by atoms with Gasteiger partial charge in [-0.3, -0.25) is 9.59 Å². The molecule has 2 heterocycles. The normalized spacial score (nSPS) is 18.4. The molecule has 1 N–H and O–H groups in total. The van der Waals surface area contributed by atoms with E-state index in [9.17, 15) is 18.0 Å². The Bertz CT molecular complexity index is 1100. The van der Waals surface area contributed by atoms with Crippen LogP contribution in [0.1, 0.15) is 30.9 Å². The number of carbonyl (C=O) groups is 2. The fourth-order valence-corrected chi connectivity index (χ4v) is 6.20. The highest BCUT2D eigenvalue weighted by molar-refractivity contribution is 8.01. The van der Waals surface area contributed by atoms with E-state index in [0.717, 1.165) is 16.9 Å². The molecule has 8 heteroatoms. The van der Waals surface area contributed by atoms with Crippen molar-refractivity contribution >= 4 is 39.1 Å². The predicted octanol–water partition coefficient (Wildman–Crippen LogP) is 3.26. The van der Waals surface area contributed by atoms with Gasteiger partial charge in [0.2, 0.25) is 11.8 Å². The number of benzene rings is 2. The van der Waals surface area contributed by atoms with Crippen LogP contribution < -0.4 is 5.32 Å². The van der Waals surface area contributed by atoms with Crippen molar-refractivity contribution in [3.8, 4) is 0 Å². The van der Waals surface area contributed by atoms with E-state index < -0.39 is 9.84 Å². The number of anilines is 1. The number of fused-ring (bicyclic) bond motifs is 2. The van der Waals surface area contributed by atoms with Crippen LogP contribution >= 0.6 is 11.8 Å². The first kappa shape index (κ1) is 20.9. The van der Waals surface area contributed by atoms with Crippen molar-refractivity contribution in [2.24, 2.45) is 0 Å². The largest absolute Gasteiger partial charge is 0.338 e. The van der Waals surface area contributed by atoms with Gasteiger partial charge in [0.25, 0.3) is 0 Å². The summed E-state index contributed by atoms with van der Waals surface area (Å²) in [5, 5.41) is 2.60. The molecule has 0 aliphatic carbocycles. The van der Waals surface area contributed by atoms with E-state index in [-0.39, 0.29) is 34.1 Å². The highest BCUT2D eigenvalue weighted by Gasteiger charge is 2.28. The van der Waals surface area contributed by atoms with Gasteiger partial charge in [-0.15, -0.1) is 11.8 Å². The molecule has 0 saturated heterocycles. The van der Waals surface area contributed by atoms with Crippen LogP contribution in [-0.4, -0.2) is 42.7 Å². The molecule has 0 aromatic heterocycles. The first-order valence-corrected chi connectivity index (χ1v) is 12.6. The van der Waals surface area contributed by atoms with E-state index in [1.54, 1.807) is 17.0 Å². The summed E-state index contributed by atoms with van der Waals surface area (Å²) in [4.78, 5) is 27.3. The van der Waals surface area contributed by atoms with Crippen LogP contribution in [0.2, 0.25) is 0 Å². The van der Waals surface area contributed by atoms with Crippen molar-refractivity contribution < 1.29 is 18.0 Å². The molecule has 0 fully saturated rings. The van der Waals surface area contributed by atoms with Crippen molar-refractivity contribution in [3.05, 3.63) is 53.6 Å². The Morgan fingerprint density at radius 3 is 2.73 bits per heavy atom. The van der Waals surface area contributed by atoms with E-state index >= 15 is 0 Å². The monoisotopic (exact) mass is 444 g/mol. The van der Waals surface area contributed by atoms with Crippen LogP contribution in [0.5, 0.6) is 0 Å². The van der Waals surface area contributed by atoms with Crippen molar-refractivity contribution in [3.63, 3.8) is 0 Å². The van der Waals surface area contributed by atoms with Crippen LogP contribution in [-0.2, 0) is 32.4 Å². The number of hydrogen-bond acceptors (Lipinski definition) is 5. The third kappa shape index (κ3) is 4.25. The van der Waals surface area contributed by atoms with Crippen molar-refractivity contribution in [1.82, 2.24) is 4.90 Å². The fraction of sp³-hybridized carbons (Fsp3) is 0.364. The molecule has 2 aromatic carbocycles. The van der Waals surface area contributed by atoms with Gasteiger partial charge >= 0.3 is 0 Å². The number of carbonyl (C=O) groups excluding carboxylic acids is 2. The van der Waals surface area contributed by atoms with Gasteiger partial charge in [0, 0.05) is 24.4 Å². The Morgan fingerprint density at radius 2 is 1.97 bits per heavy atom. The minimum Gasteiger partial charge on any atom is -0.338 e. The quantitative estimate of drug-likeness (QED) is 0.765. The smallest absolute Gasteiger partial charge is 0.237 e. The van der Waals surface area contributed by atoms with Gasteiger partial charge in [0.1, 0.15) is 0 Å². The summed E-state index contributed by atoms with van der Waals surface area (Å²) >= 11 is 1.38. The lowest BCUT2D eigenvalue weighted by atomic mass is 10.00. The Kier molecular flexibility index (Phi) is 5.88. The van der Waals surface area contributed by atoms with Gasteiger partial charge in [-0.25, -0.2) is 8.42 Å². The minimum atomic E-state index is -3.60. The number of hydrogen-bond donors (Lipinski definition) is 1. The molecule has 158 valence electrons. The lowest BCUT2D eigenvalue weighted by molar-refractivity contribution is -0.131. The molecule has 2 aromatic rings. The molecular formula is C22H24N2O4S2. The summed E-state index contributed by atoms with van der Waals surface area (Å²) in [6, 6.07) is 12.8. The Morgan fingerprint density at radius 1 is 1.20 bits per heavy atom. The van der Waals surface area contributed by atoms with Gasteiger partial charge < -0.3 is 10.2 Å². The summed E-state index contributed by atoms with van der Waals surface area (Å²) in [7, 11) is -3.60. The fourth-order valence-electron chi connectivity index (χ4n) is 3.79. The van der Waals surface area contributed by atoms with Crippen LogP contribution in [0.3, 0.4) is 0 Å². The highest BCUT2D eigenvalue weighted by Crippen LogP contribution is 2.38.